The van der Waals surface area contributed by atoms with Crippen molar-refractivity contribution in [3.63, 3.8) is 0 Å². The lowest BCUT2D eigenvalue weighted by molar-refractivity contribution is 0.125. The lowest BCUT2D eigenvalue weighted by atomic mass is 9.95. The van der Waals surface area contributed by atoms with E-state index < -0.39 is 0 Å². The van der Waals surface area contributed by atoms with Crippen molar-refractivity contribution in [2.24, 2.45) is 5.73 Å². The standard InChI is InChI=1S/C12H21N3S/c1-10-11(16-9-14-10)7-15(2)12(8-13)5-3-4-6-12/h9H,3-8,13H2,1-2H3. The first-order chi connectivity index (χ1) is 7.68. The van der Waals surface area contributed by atoms with Crippen LogP contribution in [-0.4, -0.2) is 29.0 Å². The van der Waals surface area contributed by atoms with Crippen LogP contribution in [0.5, 0.6) is 0 Å². The van der Waals surface area contributed by atoms with E-state index in [1.54, 1.807) is 11.3 Å². The van der Waals surface area contributed by atoms with E-state index in [2.05, 4.69) is 23.9 Å². The highest BCUT2D eigenvalue weighted by Crippen LogP contribution is 2.34. The number of nitrogens with zero attached hydrogens (tertiary/aromatic N) is 2. The molecule has 1 aromatic rings. The molecule has 2 rings (SSSR count). The summed E-state index contributed by atoms with van der Waals surface area (Å²) in [5.41, 5.74) is 9.33. The molecular weight excluding hydrogens is 218 g/mol. The number of hydrogen-bond acceptors (Lipinski definition) is 4. The van der Waals surface area contributed by atoms with Gasteiger partial charge in [-0.05, 0) is 26.8 Å². The van der Waals surface area contributed by atoms with Crippen molar-refractivity contribution in [3.05, 3.63) is 16.1 Å². The molecule has 1 saturated carbocycles. The summed E-state index contributed by atoms with van der Waals surface area (Å²) in [4.78, 5) is 8.13. The number of rotatable bonds is 4. The van der Waals surface area contributed by atoms with Crippen molar-refractivity contribution < 1.29 is 0 Å². The minimum Gasteiger partial charge on any atom is -0.329 e. The van der Waals surface area contributed by atoms with E-state index in [4.69, 9.17) is 5.73 Å². The average Bonchev–Trinajstić information content (AvgIpc) is 2.89. The first-order valence-electron chi connectivity index (χ1n) is 5.98. The van der Waals surface area contributed by atoms with Crippen molar-refractivity contribution in [2.45, 2.75) is 44.7 Å². The van der Waals surface area contributed by atoms with Crippen LogP contribution in [0.3, 0.4) is 0 Å². The molecule has 0 spiro atoms. The smallest absolute Gasteiger partial charge is 0.0798 e. The van der Waals surface area contributed by atoms with Gasteiger partial charge in [0.2, 0.25) is 0 Å². The molecule has 1 aliphatic rings. The summed E-state index contributed by atoms with van der Waals surface area (Å²) in [5.74, 6) is 0. The quantitative estimate of drug-likeness (QED) is 0.875. The monoisotopic (exact) mass is 239 g/mol. The molecule has 1 aliphatic carbocycles. The predicted molar refractivity (Wildman–Crippen MR) is 68.6 cm³/mol. The van der Waals surface area contributed by atoms with Gasteiger partial charge in [-0.25, -0.2) is 4.98 Å². The van der Waals surface area contributed by atoms with E-state index >= 15 is 0 Å². The molecule has 0 atom stereocenters. The molecule has 1 aromatic heterocycles. The Morgan fingerprint density at radius 2 is 2.19 bits per heavy atom. The summed E-state index contributed by atoms with van der Waals surface area (Å²) in [5, 5.41) is 0. The van der Waals surface area contributed by atoms with Crippen LogP contribution in [0.25, 0.3) is 0 Å². The molecular formula is C12H21N3S. The van der Waals surface area contributed by atoms with E-state index in [-0.39, 0.29) is 5.54 Å². The Morgan fingerprint density at radius 3 is 2.69 bits per heavy atom. The number of nitrogens with two attached hydrogens (primary N) is 1. The zero-order valence-electron chi connectivity index (χ0n) is 10.2. The van der Waals surface area contributed by atoms with Gasteiger partial charge in [-0.1, -0.05) is 12.8 Å². The number of aryl methyl sites for hydroxylation is 1. The highest BCUT2D eigenvalue weighted by atomic mass is 32.1. The molecule has 1 fully saturated rings. The second kappa shape index (κ2) is 4.82. The van der Waals surface area contributed by atoms with E-state index in [9.17, 15) is 0 Å². The number of hydrogen-bond donors (Lipinski definition) is 1. The van der Waals surface area contributed by atoms with Crippen molar-refractivity contribution in [3.8, 4) is 0 Å². The molecule has 0 unspecified atom stereocenters. The van der Waals surface area contributed by atoms with Gasteiger partial charge in [-0.15, -0.1) is 11.3 Å². The minimum absolute atomic E-state index is 0.246. The third-order valence-corrected chi connectivity index (χ3v) is 4.87. The Hall–Kier alpha value is -0.450. The second-order valence-corrected chi connectivity index (χ2v) is 5.79. The van der Waals surface area contributed by atoms with Gasteiger partial charge in [-0.2, -0.15) is 0 Å². The van der Waals surface area contributed by atoms with Crippen LogP contribution < -0.4 is 5.73 Å². The largest absolute Gasteiger partial charge is 0.329 e. The highest BCUT2D eigenvalue weighted by molar-refractivity contribution is 7.09. The summed E-state index contributed by atoms with van der Waals surface area (Å²) in [7, 11) is 2.21. The van der Waals surface area contributed by atoms with Gasteiger partial charge in [-0.3, -0.25) is 4.90 Å². The molecule has 0 amide bonds. The van der Waals surface area contributed by atoms with E-state index in [0.29, 0.717) is 0 Å². The van der Waals surface area contributed by atoms with E-state index in [0.717, 1.165) is 13.1 Å². The Labute approximate surface area is 102 Å². The number of likely N-dealkylation sites (N-methyl/N-ethyl adjacent to an activating group) is 1. The van der Waals surface area contributed by atoms with Crippen LogP contribution in [0, 0.1) is 6.92 Å². The van der Waals surface area contributed by atoms with Crippen LogP contribution in [-0.2, 0) is 6.54 Å². The predicted octanol–water partition coefficient (Wildman–Crippen LogP) is 2.15. The molecule has 0 bridgehead atoms. The van der Waals surface area contributed by atoms with Crippen LogP contribution >= 0.6 is 11.3 Å². The highest BCUT2D eigenvalue weighted by Gasteiger charge is 2.36. The maximum atomic E-state index is 5.98. The minimum atomic E-state index is 0.246. The Kier molecular flexibility index (Phi) is 3.62. The zero-order valence-corrected chi connectivity index (χ0v) is 11.0. The van der Waals surface area contributed by atoms with Crippen molar-refractivity contribution in [1.82, 2.24) is 9.88 Å². The molecule has 2 N–H and O–H groups in total. The first-order valence-corrected chi connectivity index (χ1v) is 6.86. The fourth-order valence-corrected chi connectivity index (χ4v) is 3.47. The lowest BCUT2D eigenvalue weighted by Gasteiger charge is -2.37. The molecule has 16 heavy (non-hydrogen) atoms. The molecule has 0 radical (unpaired) electrons. The molecule has 0 aromatic carbocycles. The summed E-state index contributed by atoms with van der Waals surface area (Å²) >= 11 is 1.75. The third-order valence-electron chi connectivity index (χ3n) is 3.95. The van der Waals surface area contributed by atoms with Crippen LogP contribution in [0.2, 0.25) is 0 Å². The fourth-order valence-electron chi connectivity index (χ4n) is 2.64. The third kappa shape index (κ3) is 2.14. The van der Waals surface area contributed by atoms with Gasteiger partial charge in [0.1, 0.15) is 0 Å². The SMILES string of the molecule is Cc1ncsc1CN(C)C1(CN)CCCC1. The average molecular weight is 239 g/mol. The van der Waals surface area contributed by atoms with Crippen LogP contribution in [0.15, 0.2) is 5.51 Å². The molecule has 3 nitrogen and oxygen atoms in total. The number of aromatic nitrogens is 1. The summed E-state index contributed by atoms with van der Waals surface area (Å²) in [6.45, 7) is 3.86. The summed E-state index contributed by atoms with van der Waals surface area (Å²) in [6.07, 6.45) is 5.14. The maximum Gasteiger partial charge on any atom is 0.0798 e. The second-order valence-electron chi connectivity index (χ2n) is 4.85. The Bertz CT molecular complexity index is 342. The molecule has 0 saturated heterocycles. The first kappa shape index (κ1) is 12.0. The van der Waals surface area contributed by atoms with Crippen LogP contribution in [0.1, 0.15) is 36.3 Å². The fraction of sp³-hybridized carbons (Fsp3) is 0.750. The summed E-state index contributed by atoms with van der Waals surface area (Å²) < 4.78 is 0. The van der Waals surface area contributed by atoms with Crippen molar-refractivity contribution >= 4 is 11.3 Å². The van der Waals surface area contributed by atoms with Gasteiger partial charge in [0.05, 0.1) is 11.2 Å². The van der Waals surface area contributed by atoms with E-state index in [1.807, 2.05) is 5.51 Å². The van der Waals surface area contributed by atoms with Crippen molar-refractivity contribution in [1.29, 1.82) is 0 Å². The van der Waals surface area contributed by atoms with E-state index in [1.165, 1.54) is 36.3 Å². The molecule has 0 aliphatic heterocycles. The van der Waals surface area contributed by atoms with Gasteiger partial charge < -0.3 is 5.73 Å². The van der Waals surface area contributed by atoms with Gasteiger partial charge in [0.15, 0.2) is 0 Å². The maximum absolute atomic E-state index is 5.98. The lowest BCUT2D eigenvalue weighted by Crippen LogP contribution is -2.49. The van der Waals surface area contributed by atoms with Crippen LogP contribution in [0.4, 0.5) is 0 Å². The zero-order chi connectivity index (χ0) is 11.6. The van der Waals surface area contributed by atoms with Crippen molar-refractivity contribution in [2.75, 3.05) is 13.6 Å². The molecule has 1 heterocycles. The van der Waals surface area contributed by atoms with Gasteiger partial charge >= 0.3 is 0 Å². The Morgan fingerprint density at radius 1 is 1.50 bits per heavy atom. The molecule has 90 valence electrons. The Balaban J connectivity index is 2.07. The summed E-state index contributed by atoms with van der Waals surface area (Å²) in [6, 6.07) is 0. The normalized spacial score (nSPS) is 19.5. The molecule has 4 heteroatoms. The topological polar surface area (TPSA) is 42.2 Å². The number of thiazole rings is 1. The van der Waals surface area contributed by atoms with Gasteiger partial charge in [0.25, 0.3) is 0 Å². The van der Waals surface area contributed by atoms with Gasteiger partial charge in [0, 0.05) is 23.5 Å².